The summed E-state index contributed by atoms with van der Waals surface area (Å²) in [5.41, 5.74) is 1.05. The molecule has 1 aromatic rings. The topological polar surface area (TPSA) is 55.4 Å². The normalized spacial score (nSPS) is 11.6. The minimum atomic E-state index is -3.09. The summed E-state index contributed by atoms with van der Waals surface area (Å²) in [4.78, 5) is 0. The van der Waals surface area contributed by atoms with E-state index >= 15 is 0 Å². The molecule has 0 saturated heterocycles. The lowest BCUT2D eigenvalue weighted by molar-refractivity contribution is 0.119. The summed E-state index contributed by atoms with van der Waals surface area (Å²) >= 11 is 5.75. The third-order valence-corrected chi connectivity index (χ3v) is 2.99. The van der Waals surface area contributed by atoms with Crippen molar-refractivity contribution in [3.05, 3.63) is 34.9 Å². The molecular weight excluding hydrogens is 262 g/mol. The Bertz CT molecular complexity index is 431. The van der Waals surface area contributed by atoms with Crippen molar-refractivity contribution in [1.29, 1.82) is 0 Å². The quantitative estimate of drug-likeness (QED) is 0.773. The highest BCUT2D eigenvalue weighted by Crippen LogP contribution is 2.10. The fraction of sp³-hybridized carbons (Fsp3) is 0.455. The Morgan fingerprint density at radius 3 is 2.53 bits per heavy atom. The SMILES string of the molecule is CS(=O)(=O)NCCCOCc1ccc(Cl)cc1. The van der Waals surface area contributed by atoms with Crippen LogP contribution in [0, 0.1) is 0 Å². The standard InChI is InChI=1S/C11H16ClNO3S/c1-17(14,15)13-7-2-8-16-9-10-3-5-11(12)6-4-10/h3-6,13H,2,7-9H2,1H3. The van der Waals surface area contributed by atoms with E-state index in [1.54, 1.807) is 0 Å². The van der Waals surface area contributed by atoms with Gasteiger partial charge in [-0.05, 0) is 24.1 Å². The molecule has 0 aliphatic rings. The van der Waals surface area contributed by atoms with Gasteiger partial charge in [0.1, 0.15) is 0 Å². The number of hydrogen-bond acceptors (Lipinski definition) is 3. The minimum absolute atomic E-state index is 0.402. The van der Waals surface area contributed by atoms with Crippen LogP contribution in [0.4, 0.5) is 0 Å². The first-order valence-corrected chi connectivity index (χ1v) is 7.51. The lowest BCUT2D eigenvalue weighted by atomic mass is 10.2. The van der Waals surface area contributed by atoms with Gasteiger partial charge < -0.3 is 4.74 Å². The maximum Gasteiger partial charge on any atom is 0.208 e. The van der Waals surface area contributed by atoms with Gasteiger partial charge in [0.05, 0.1) is 12.9 Å². The molecule has 4 nitrogen and oxygen atoms in total. The van der Waals surface area contributed by atoms with Crippen LogP contribution in [0.5, 0.6) is 0 Å². The van der Waals surface area contributed by atoms with E-state index in [1.807, 2.05) is 24.3 Å². The molecule has 0 aliphatic heterocycles. The lowest BCUT2D eigenvalue weighted by Crippen LogP contribution is -2.23. The number of rotatable bonds is 7. The van der Waals surface area contributed by atoms with Crippen LogP contribution in [-0.2, 0) is 21.4 Å². The summed E-state index contributed by atoms with van der Waals surface area (Å²) in [7, 11) is -3.09. The predicted octanol–water partition coefficient (Wildman–Crippen LogP) is 1.80. The third-order valence-electron chi connectivity index (χ3n) is 2.01. The number of sulfonamides is 1. The molecule has 0 spiro atoms. The van der Waals surface area contributed by atoms with Crippen LogP contribution in [0.15, 0.2) is 24.3 Å². The van der Waals surface area contributed by atoms with E-state index in [-0.39, 0.29) is 0 Å². The van der Waals surface area contributed by atoms with Crippen LogP contribution < -0.4 is 4.72 Å². The van der Waals surface area contributed by atoms with Crippen molar-refractivity contribution in [1.82, 2.24) is 4.72 Å². The van der Waals surface area contributed by atoms with Crippen molar-refractivity contribution in [3.63, 3.8) is 0 Å². The average molecular weight is 278 g/mol. The molecule has 0 aromatic heterocycles. The zero-order valence-corrected chi connectivity index (χ0v) is 11.2. The maximum atomic E-state index is 10.8. The highest BCUT2D eigenvalue weighted by atomic mass is 35.5. The molecule has 0 radical (unpaired) electrons. The van der Waals surface area contributed by atoms with E-state index in [0.29, 0.717) is 31.2 Å². The summed E-state index contributed by atoms with van der Waals surface area (Å²) < 4.78 is 29.3. The smallest absolute Gasteiger partial charge is 0.208 e. The molecular formula is C11H16ClNO3S. The van der Waals surface area contributed by atoms with Crippen LogP contribution in [-0.4, -0.2) is 27.8 Å². The van der Waals surface area contributed by atoms with Gasteiger partial charge in [-0.3, -0.25) is 0 Å². The minimum Gasteiger partial charge on any atom is -0.377 e. The van der Waals surface area contributed by atoms with E-state index in [4.69, 9.17) is 16.3 Å². The van der Waals surface area contributed by atoms with E-state index in [2.05, 4.69) is 4.72 Å². The number of ether oxygens (including phenoxy) is 1. The van der Waals surface area contributed by atoms with E-state index in [1.165, 1.54) is 0 Å². The van der Waals surface area contributed by atoms with Crippen LogP contribution in [0.3, 0.4) is 0 Å². The molecule has 0 saturated carbocycles. The fourth-order valence-electron chi connectivity index (χ4n) is 1.20. The van der Waals surface area contributed by atoms with Gasteiger partial charge in [-0.25, -0.2) is 13.1 Å². The number of benzene rings is 1. The fourth-order valence-corrected chi connectivity index (χ4v) is 1.84. The van der Waals surface area contributed by atoms with Crippen molar-refractivity contribution in [3.8, 4) is 0 Å². The number of nitrogens with one attached hydrogen (secondary N) is 1. The Labute approximate surface area is 107 Å². The van der Waals surface area contributed by atoms with Gasteiger partial charge in [-0.15, -0.1) is 0 Å². The molecule has 0 fully saturated rings. The van der Waals surface area contributed by atoms with Gasteiger partial charge in [0.25, 0.3) is 0 Å². The molecule has 0 aliphatic carbocycles. The lowest BCUT2D eigenvalue weighted by Gasteiger charge is -2.05. The molecule has 0 atom stereocenters. The van der Waals surface area contributed by atoms with Crippen molar-refractivity contribution in [2.24, 2.45) is 0 Å². The second-order valence-electron chi connectivity index (χ2n) is 3.70. The Morgan fingerprint density at radius 1 is 1.29 bits per heavy atom. The van der Waals surface area contributed by atoms with Crippen molar-refractivity contribution < 1.29 is 13.2 Å². The van der Waals surface area contributed by atoms with Gasteiger partial charge in [0.2, 0.25) is 10.0 Å². The molecule has 1 aromatic carbocycles. The maximum absolute atomic E-state index is 10.8. The molecule has 0 unspecified atom stereocenters. The summed E-state index contributed by atoms with van der Waals surface area (Å²) in [6, 6.07) is 7.42. The summed E-state index contributed by atoms with van der Waals surface area (Å²) in [6.45, 7) is 1.43. The second-order valence-corrected chi connectivity index (χ2v) is 5.97. The molecule has 6 heteroatoms. The van der Waals surface area contributed by atoms with Crippen LogP contribution in [0.1, 0.15) is 12.0 Å². The first kappa shape index (κ1) is 14.4. The van der Waals surface area contributed by atoms with E-state index < -0.39 is 10.0 Å². The number of hydrogen-bond donors (Lipinski definition) is 1. The summed E-state index contributed by atoms with van der Waals surface area (Å²) in [5, 5.41) is 0.700. The Morgan fingerprint density at radius 2 is 1.94 bits per heavy atom. The number of halogens is 1. The van der Waals surface area contributed by atoms with Gasteiger partial charge in [-0.2, -0.15) is 0 Å². The van der Waals surface area contributed by atoms with Crippen LogP contribution in [0.2, 0.25) is 5.02 Å². The molecule has 1 rings (SSSR count). The van der Waals surface area contributed by atoms with Crippen molar-refractivity contribution >= 4 is 21.6 Å². The predicted molar refractivity (Wildman–Crippen MR) is 68.6 cm³/mol. The molecule has 96 valence electrons. The molecule has 0 bridgehead atoms. The zero-order chi connectivity index (χ0) is 12.7. The van der Waals surface area contributed by atoms with Crippen LogP contribution in [0.25, 0.3) is 0 Å². The molecule has 0 heterocycles. The van der Waals surface area contributed by atoms with Gasteiger partial charge in [0, 0.05) is 18.2 Å². The van der Waals surface area contributed by atoms with Crippen LogP contribution >= 0.6 is 11.6 Å². The largest absolute Gasteiger partial charge is 0.377 e. The Hall–Kier alpha value is -0.620. The molecule has 0 amide bonds. The van der Waals surface area contributed by atoms with Gasteiger partial charge in [0.15, 0.2) is 0 Å². The zero-order valence-electron chi connectivity index (χ0n) is 9.65. The van der Waals surface area contributed by atoms with Crippen molar-refractivity contribution in [2.75, 3.05) is 19.4 Å². The highest BCUT2D eigenvalue weighted by molar-refractivity contribution is 7.88. The summed E-state index contributed by atoms with van der Waals surface area (Å²) in [5.74, 6) is 0. The van der Waals surface area contributed by atoms with E-state index in [0.717, 1.165) is 11.8 Å². The van der Waals surface area contributed by atoms with Crippen molar-refractivity contribution in [2.45, 2.75) is 13.0 Å². The second kappa shape index (κ2) is 6.96. The monoisotopic (exact) mass is 277 g/mol. The molecule has 1 N–H and O–H groups in total. The van der Waals surface area contributed by atoms with Gasteiger partial charge in [-0.1, -0.05) is 23.7 Å². The Kier molecular flexibility index (Phi) is 5.91. The highest BCUT2D eigenvalue weighted by Gasteiger charge is 1.99. The first-order chi connectivity index (χ1) is 7.97. The summed E-state index contributed by atoms with van der Waals surface area (Å²) in [6.07, 6.45) is 1.79. The Balaban J connectivity index is 2.10. The first-order valence-electron chi connectivity index (χ1n) is 5.24. The third kappa shape index (κ3) is 7.33. The molecule has 17 heavy (non-hydrogen) atoms. The van der Waals surface area contributed by atoms with Gasteiger partial charge >= 0.3 is 0 Å². The average Bonchev–Trinajstić information content (AvgIpc) is 2.24. The van der Waals surface area contributed by atoms with E-state index in [9.17, 15) is 8.42 Å².